The highest BCUT2D eigenvalue weighted by atomic mass is 32.1. The van der Waals surface area contributed by atoms with Gasteiger partial charge in [0.1, 0.15) is 11.5 Å². The fraction of sp³-hybridized carbons (Fsp3) is 0.364. The summed E-state index contributed by atoms with van der Waals surface area (Å²) in [5.41, 5.74) is 3.29. The van der Waals surface area contributed by atoms with Crippen molar-refractivity contribution >= 4 is 32.6 Å². The summed E-state index contributed by atoms with van der Waals surface area (Å²) >= 11 is 1.42. The van der Waals surface area contributed by atoms with Crippen molar-refractivity contribution in [3.05, 3.63) is 47.5 Å². The van der Waals surface area contributed by atoms with Crippen LogP contribution >= 0.6 is 11.3 Å². The molecule has 0 radical (unpaired) electrons. The summed E-state index contributed by atoms with van der Waals surface area (Å²) in [5, 5.41) is 3.37. The van der Waals surface area contributed by atoms with Gasteiger partial charge in [0, 0.05) is 0 Å². The van der Waals surface area contributed by atoms with Crippen LogP contribution in [0, 0.1) is 6.92 Å². The van der Waals surface area contributed by atoms with Crippen molar-refractivity contribution in [3.8, 4) is 11.5 Å². The summed E-state index contributed by atoms with van der Waals surface area (Å²) in [6, 6.07) is 11.7. The van der Waals surface area contributed by atoms with Crippen LogP contribution in [0.15, 0.2) is 36.4 Å². The van der Waals surface area contributed by atoms with E-state index >= 15 is 0 Å². The molecule has 0 bridgehead atoms. The monoisotopic (exact) mass is 398 g/mol. The number of aryl methyl sites for hydroxylation is 1. The van der Waals surface area contributed by atoms with Crippen molar-refractivity contribution in [2.24, 2.45) is 0 Å². The van der Waals surface area contributed by atoms with Crippen LogP contribution in [0.1, 0.15) is 44.2 Å². The number of ether oxygens (including phenoxy) is 2. The molecule has 0 fully saturated rings. The van der Waals surface area contributed by atoms with Crippen LogP contribution in [0.25, 0.3) is 10.2 Å². The SMILES string of the molecule is CCCOc1ccc2nc(NC(=O)COc3ccc(C(C)C)c(C)c3)sc2c1. The number of amides is 1. The van der Waals surface area contributed by atoms with E-state index in [1.807, 2.05) is 30.3 Å². The molecule has 0 aliphatic heterocycles. The first-order chi connectivity index (χ1) is 13.5. The zero-order valence-electron chi connectivity index (χ0n) is 16.7. The molecule has 1 amide bonds. The molecule has 28 heavy (non-hydrogen) atoms. The molecule has 0 aliphatic rings. The molecule has 1 N–H and O–H groups in total. The molecule has 148 valence electrons. The maximum Gasteiger partial charge on any atom is 0.264 e. The Kier molecular flexibility index (Phi) is 6.52. The Morgan fingerprint density at radius 3 is 2.61 bits per heavy atom. The predicted molar refractivity (Wildman–Crippen MR) is 115 cm³/mol. The molecule has 1 aromatic heterocycles. The average Bonchev–Trinajstić information content (AvgIpc) is 3.05. The van der Waals surface area contributed by atoms with Crippen molar-refractivity contribution in [2.45, 2.75) is 40.0 Å². The maximum absolute atomic E-state index is 12.2. The molecule has 5 nitrogen and oxygen atoms in total. The molecule has 2 aromatic carbocycles. The number of hydrogen-bond donors (Lipinski definition) is 1. The Bertz CT molecular complexity index is 966. The van der Waals surface area contributed by atoms with Crippen molar-refractivity contribution in [1.82, 2.24) is 4.98 Å². The van der Waals surface area contributed by atoms with Gasteiger partial charge in [0.15, 0.2) is 11.7 Å². The van der Waals surface area contributed by atoms with Gasteiger partial charge in [-0.15, -0.1) is 0 Å². The number of aromatic nitrogens is 1. The first-order valence-corrected chi connectivity index (χ1v) is 10.3. The van der Waals surface area contributed by atoms with Gasteiger partial charge in [0.05, 0.1) is 16.8 Å². The Hall–Kier alpha value is -2.60. The van der Waals surface area contributed by atoms with Gasteiger partial charge in [-0.3, -0.25) is 10.1 Å². The minimum absolute atomic E-state index is 0.0543. The molecule has 0 unspecified atom stereocenters. The Morgan fingerprint density at radius 2 is 1.89 bits per heavy atom. The second-order valence-corrected chi connectivity index (χ2v) is 8.04. The largest absolute Gasteiger partial charge is 0.494 e. The number of nitrogens with one attached hydrogen (secondary N) is 1. The van der Waals surface area contributed by atoms with Crippen molar-refractivity contribution in [1.29, 1.82) is 0 Å². The van der Waals surface area contributed by atoms with E-state index in [1.165, 1.54) is 22.5 Å². The predicted octanol–water partition coefficient (Wildman–Crippen LogP) is 5.53. The van der Waals surface area contributed by atoms with Crippen LogP contribution in [-0.4, -0.2) is 24.1 Å². The summed E-state index contributed by atoms with van der Waals surface area (Å²) in [6.45, 7) is 9.08. The van der Waals surface area contributed by atoms with Gasteiger partial charge in [-0.25, -0.2) is 4.98 Å². The molecule has 0 atom stereocenters. The topological polar surface area (TPSA) is 60.5 Å². The van der Waals surface area contributed by atoms with E-state index in [1.54, 1.807) is 0 Å². The van der Waals surface area contributed by atoms with Crippen LogP contribution in [0.2, 0.25) is 0 Å². The highest BCUT2D eigenvalue weighted by Crippen LogP contribution is 2.29. The fourth-order valence-electron chi connectivity index (χ4n) is 2.96. The van der Waals surface area contributed by atoms with E-state index < -0.39 is 0 Å². The summed E-state index contributed by atoms with van der Waals surface area (Å²) < 4.78 is 12.3. The number of rotatable bonds is 8. The number of hydrogen-bond acceptors (Lipinski definition) is 5. The number of benzene rings is 2. The minimum Gasteiger partial charge on any atom is -0.494 e. The lowest BCUT2D eigenvalue weighted by atomic mass is 9.98. The summed E-state index contributed by atoms with van der Waals surface area (Å²) in [4.78, 5) is 16.7. The highest BCUT2D eigenvalue weighted by Gasteiger charge is 2.10. The molecule has 3 rings (SSSR count). The van der Waals surface area contributed by atoms with E-state index in [0.717, 1.165) is 22.4 Å². The second kappa shape index (κ2) is 9.06. The van der Waals surface area contributed by atoms with Crippen LogP contribution in [0.3, 0.4) is 0 Å². The summed E-state index contributed by atoms with van der Waals surface area (Å²) in [6.07, 6.45) is 0.960. The third-order valence-corrected chi connectivity index (χ3v) is 5.25. The first kappa shape index (κ1) is 20.1. The number of nitrogens with zero attached hydrogens (tertiary/aromatic N) is 1. The Morgan fingerprint density at radius 1 is 1.14 bits per heavy atom. The van der Waals surface area contributed by atoms with Crippen LogP contribution < -0.4 is 14.8 Å². The van der Waals surface area contributed by atoms with Crippen LogP contribution in [0.4, 0.5) is 5.13 Å². The van der Waals surface area contributed by atoms with E-state index in [0.29, 0.717) is 23.4 Å². The van der Waals surface area contributed by atoms with Gasteiger partial charge in [-0.1, -0.05) is 38.2 Å². The third-order valence-electron chi connectivity index (χ3n) is 4.31. The summed E-state index contributed by atoms with van der Waals surface area (Å²) in [5.74, 6) is 1.75. The molecule has 0 spiro atoms. The minimum atomic E-state index is -0.230. The van der Waals surface area contributed by atoms with E-state index in [9.17, 15) is 4.79 Å². The van der Waals surface area contributed by atoms with Gasteiger partial charge in [0.25, 0.3) is 5.91 Å². The van der Waals surface area contributed by atoms with Gasteiger partial charge in [-0.2, -0.15) is 0 Å². The number of carbonyl (C=O) groups is 1. The molecule has 3 aromatic rings. The van der Waals surface area contributed by atoms with E-state index in [-0.39, 0.29) is 12.5 Å². The van der Waals surface area contributed by atoms with E-state index in [2.05, 4.69) is 44.1 Å². The first-order valence-electron chi connectivity index (χ1n) is 9.53. The van der Waals surface area contributed by atoms with E-state index in [4.69, 9.17) is 9.47 Å². The zero-order valence-corrected chi connectivity index (χ0v) is 17.6. The lowest BCUT2D eigenvalue weighted by molar-refractivity contribution is -0.118. The summed E-state index contributed by atoms with van der Waals surface area (Å²) in [7, 11) is 0. The van der Waals surface area contributed by atoms with Crippen molar-refractivity contribution in [3.63, 3.8) is 0 Å². The number of anilines is 1. The molecule has 1 heterocycles. The number of fused-ring (bicyclic) bond motifs is 1. The Balaban J connectivity index is 1.59. The standard InChI is InChI=1S/C22H26N2O3S/c1-5-10-26-17-7-9-19-20(12-17)28-22(23-19)24-21(25)13-27-16-6-8-18(14(2)3)15(4)11-16/h6-9,11-12,14H,5,10,13H2,1-4H3,(H,23,24,25). The molecule has 0 saturated carbocycles. The Labute approximate surface area is 169 Å². The fourth-order valence-corrected chi connectivity index (χ4v) is 3.87. The molecular weight excluding hydrogens is 372 g/mol. The molecule has 0 saturated heterocycles. The lowest BCUT2D eigenvalue weighted by Gasteiger charge is -2.12. The highest BCUT2D eigenvalue weighted by molar-refractivity contribution is 7.22. The van der Waals surface area contributed by atoms with Crippen LogP contribution in [0.5, 0.6) is 11.5 Å². The van der Waals surface area contributed by atoms with Gasteiger partial charge >= 0.3 is 0 Å². The third kappa shape index (κ3) is 5.01. The molecule has 0 aliphatic carbocycles. The molecular formula is C22H26N2O3S. The smallest absolute Gasteiger partial charge is 0.264 e. The molecule has 6 heteroatoms. The van der Waals surface area contributed by atoms with Crippen molar-refractivity contribution < 1.29 is 14.3 Å². The normalized spacial score (nSPS) is 11.0. The maximum atomic E-state index is 12.2. The zero-order chi connectivity index (χ0) is 20.1. The van der Waals surface area contributed by atoms with Gasteiger partial charge < -0.3 is 9.47 Å². The quantitative estimate of drug-likeness (QED) is 0.542. The average molecular weight is 399 g/mol. The number of carbonyl (C=O) groups excluding carboxylic acids is 1. The van der Waals surface area contributed by atoms with Gasteiger partial charge in [0.2, 0.25) is 0 Å². The van der Waals surface area contributed by atoms with Crippen LogP contribution in [-0.2, 0) is 4.79 Å². The number of thiazole rings is 1. The second-order valence-electron chi connectivity index (χ2n) is 7.01. The van der Waals surface area contributed by atoms with Gasteiger partial charge in [-0.05, 0) is 60.7 Å². The lowest BCUT2D eigenvalue weighted by Crippen LogP contribution is -2.20. The van der Waals surface area contributed by atoms with Crippen molar-refractivity contribution in [2.75, 3.05) is 18.5 Å².